The minimum absolute atomic E-state index is 0.127. The molecule has 0 saturated heterocycles. The second kappa shape index (κ2) is 6.39. The highest BCUT2D eigenvalue weighted by Gasteiger charge is 2.13. The maximum absolute atomic E-state index is 11.8. The van der Waals surface area contributed by atoms with Crippen molar-refractivity contribution in [2.45, 2.75) is 44.6 Å². The molecule has 0 aliphatic carbocycles. The average Bonchev–Trinajstić information content (AvgIpc) is 2.95. The summed E-state index contributed by atoms with van der Waals surface area (Å²) in [6, 6.07) is 7.15. The van der Waals surface area contributed by atoms with Gasteiger partial charge in [-0.25, -0.2) is 8.42 Å². The molecule has 2 rings (SSSR count). The predicted octanol–water partition coefficient (Wildman–Crippen LogP) is 2.44. The molecule has 1 heterocycles. The minimum Gasteiger partial charge on any atom is -0.253 e. The number of benzene rings is 1. The highest BCUT2D eigenvalue weighted by atomic mass is 32.2. The molecule has 0 N–H and O–H groups in total. The number of aryl methyl sites for hydroxylation is 1. The molecule has 1 unspecified atom stereocenters. The lowest BCUT2D eigenvalue weighted by atomic mass is 9.97. The second-order valence-electron chi connectivity index (χ2n) is 5.14. The van der Waals surface area contributed by atoms with E-state index in [4.69, 9.17) is 0 Å². The van der Waals surface area contributed by atoms with Crippen molar-refractivity contribution in [2.75, 3.05) is 5.75 Å². The molecule has 1 atom stereocenters. The first-order chi connectivity index (χ1) is 9.96. The molecular formula is C15H21N3O2S. The fourth-order valence-electron chi connectivity index (χ4n) is 2.19. The first kappa shape index (κ1) is 15.7. The largest absolute Gasteiger partial charge is 0.253 e. The Hall–Kier alpha value is -1.69. The molecule has 0 aliphatic rings. The van der Waals surface area contributed by atoms with Gasteiger partial charge in [-0.15, -0.1) is 5.10 Å². The highest BCUT2D eigenvalue weighted by Crippen LogP contribution is 2.21. The molecule has 0 radical (unpaired) electrons. The van der Waals surface area contributed by atoms with E-state index in [0.29, 0.717) is 4.90 Å². The van der Waals surface area contributed by atoms with E-state index in [2.05, 4.69) is 17.2 Å². The number of rotatable bonds is 6. The van der Waals surface area contributed by atoms with Gasteiger partial charge in [-0.2, -0.15) is 0 Å². The van der Waals surface area contributed by atoms with Gasteiger partial charge in [0.1, 0.15) is 0 Å². The van der Waals surface area contributed by atoms with E-state index in [1.165, 1.54) is 0 Å². The van der Waals surface area contributed by atoms with Crippen molar-refractivity contribution in [2.24, 2.45) is 0 Å². The zero-order valence-corrected chi connectivity index (χ0v) is 13.5. The summed E-state index contributed by atoms with van der Waals surface area (Å²) in [6.07, 6.45) is 2.74. The van der Waals surface area contributed by atoms with Crippen LogP contribution in [0.3, 0.4) is 0 Å². The van der Waals surface area contributed by atoms with Gasteiger partial charge >= 0.3 is 0 Å². The number of hydrogen-bond acceptors (Lipinski definition) is 4. The molecule has 1 aromatic heterocycles. The molecule has 0 fully saturated rings. The van der Waals surface area contributed by atoms with Crippen molar-refractivity contribution in [3.05, 3.63) is 41.7 Å². The zero-order valence-electron chi connectivity index (χ0n) is 12.7. The molecule has 0 bridgehead atoms. The van der Waals surface area contributed by atoms with Crippen molar-refractivity contribution in [3.63, 3.8) is 0 Å². The molecule has 21 heavy (non-hydrogen) atoms. The topological polar surface area (TPSA) is 64.8 Å². The Morgan fingerprint density at radius 1 is 1.19 bits per heavy atom. The van der Waals surface area contributed by atoms with Gasteiger partial charge in [0.15, 0.2) is 9.84 Å². The predicted molar refractivity (Wildman–Crippen MR) is 82.0 cm³/mol. The second-order valence-corrected chi connectivity index (χ2v) is 7.42. The van der Waals surface area contributed by atoms with Crippen LogP contribution in [0, 0.1) is 0 Å². The van der Waals surface area contributed by atoms with Gasteiger partial charge < -0.3 is 0 Å². The van der Waals surface area contributed by atoms with Gasteiger partial charge in [0.05, 0.1) is 16.3 Å². The van der Waals surface area contributed by atoms with Crippen LogP contribution in [0.1, 0.15) is 37.9 Å². The van der Waals surface area contributed by atoms with Crippen LogP contribution < -0.4 is 0 Å². The SMILES string of the molecule is CCn1cc(CC(C)c2ccc(S(=O)(=O)CC)cc2)nn1. The van der Waals surface area contributed by atoms with E-state index >= 15 is 0 Å². The van der Waals surface area contributed by atoms with Crippen LogP contribution in [0.25, 0.3) is 0 Å². The summed E-state index contributed by atoms with van der Waals surface area (Å²) in [7, 11) is -3.13. The summed E-state index contributed by atoms with van der Waals surface area (Å²) in [5, 5.41) is 8.17. The number of hydrogen-bond donors (Lipinski definition) is 0. The van der Waals surface area contributed by atoms with E-state index in [1.807, 2.05) is 25.3 Å². The molecule has 0 aliphatic heterocycles. The Kier molecular flexibility index (Phi) is 4.77. The number of aromatic nitrogens is 3. The first-order valence-electron chi connectivity index (χ1n) is 7.18. The third-order valence-electron chi connectivity index (χ3n) is 3.61. The monoisotopic (exact) mass is 307 g/mol. The lowest BCUT2D eigenvalue weighted by molar-refractivity contribution is 0.597. The van der Waals surface area contributed by atoms with Gasteiger partial charge in [0, 0.05) is 12.7 Å². The van der Waals surface area contributed by atoms with Gasteiger partial charge in [0.2, 0.25) is 0 Å². The number of sulfone groups is 1. The fraction of sp³-hybridized carbons (Fsp3) is 0.467. The van der Waals surface area contributed by atoms with E-state index in [0.717, 1.165) is 24.2 Å². The van der Waals surface area contributed by atoms with E-state index in [-0.39, 0.29) is 11.7 Å². The summed E-state index contributed by atoms with van der Waals surface area (Å²) < 4.78 is 25.4. The molecule has 0 amide bonds. The molecule has 0 spiro atoms. The van der Waals surface area contributed by atoms with Crippen LogP contribution >= 0.6 is 0 Å². The van der Waals surface area contributed by atoms with E-state index in [9.17, 15) is 8.42 Å². The Labute approximate surface area is 125 Å². The van der Waals surface area contributed by atoms with Crippen LogP contribution in [0.2, 0.25) is 0 Å². The minimum atomic E-state index is -3.13. The molecule has 114 valence electrons. The smallest absolute Gasteiger partial charge is 0.178 e. The Balaban J connectivity index is 2.11. The third-order valence-corrected chi connectivity index (χ3v) is 5.36. The molecule has 0 saturated carbocycles. The summed E-state index contributed by atoms with van der Waals surface area (Å²) in [5.74, 6) is 0.396. The number of nitrogens with zero attached hydrogens (tertiary/aromatic N) is 3. The van der Waals surface area contributed by atoms with Crippen LogP contribution in [0.15, 0.2) is 35.4 Å². The third kappa shape index (κ3) is 3.69. The normalized spacial score (nSPS) is 13.3. The summed E-state index contributed by atoms with van der Waals surface area (Å²) in [5.41, 5.74) is 2.06. The molecule has 5 nitrogen and oxygen atoms in total. The van der Waals surface area contributed by atoms with Crippen LogP contribution in [-0.4, -0.2) is 29.2 Å². The quantitative estimate of drug-likeness (QED) is 0.822. The van der Waals surface area contributed by atoms with Gasteiger partial charge in [-0.3, -0.25) is 4.68 Å². The van der Waals surface area contributed by atoms with E-state index in [1.54, 1.807) is 23.7 Å². The highest BCUT2D eigenvalue weighted by molar-refractivity contribution is 7.91. The summed E-state index contributed by atoms with van der Waals surface area (Å²) in [4.78, 5) is 0.387. The molecule has 2 aromatic rings. The molecule has 6 heteroatoms. The van der Waals surface area contributed by atoms with Crippen LogP contribution in [0.5, 0.6) is 0 Å². The standard InChI is InChI=1S/C15H21N3O2S/c1-4-18-11-14(16-17-18)10-12(3)13-6-8-15(9-7-13)21(19,20)5-2/h6-9,11-12H,4-5,10H2,1-3H3. The fourth-order valence-corrected chi connectivity index (χ4v) is 3.07. The van der Waals surface area contributed by atoms with Gasteiger partial charge in [-0.1, -0.05) is 31.2 Å². The van der Waals surface area contributed by atoms with Crippen molar-refractivity contribution >= 4 is 9.84 Å². The van der Waals surface area contributed by atoms with Crippen molar-refractivity contribution in [3.8, 4) is 0 Å². The van der Waals surface area contributed by atoms with E-state index < -0.39 is 9.84 Å². The average molecular weight is 307 g/mol. The lowest BCUT2D eigenvalue weighted by Gasteiger charge is -2.11. The van der Waals surface area contributed by atoms with Crippen LogP contribution in [-0.2, 0) is 22.8 Å². The van der Waals surface area contributed by atoms with Crippen molar-refractivity contribution in [1.82, 2.24) is 15.0 Å². The lowest BCUT2D eigenvalue weighted by Crippen LogP contribution is -2.04. The zero-order chi connectivity index (χ0) is 15.5. The molecular weight excluding hydrogens is 286 g/mol. The maximum atomic E-state index is 11.8. The summed E-state index contributed by atoms with van der Waals surface area (Å²) >= 11 is 0. The van der Waals surface area contributed by atoms with Crippen LogP contribution in [0.4, 0.5) is 0 Å². The van der Waals surface area contributed by atoms with Gasteiger partial charge in [0.25, 0.3) is 0 Å². The van der Waals surface area contributed by atoms with Crippen molar-refractivity contribution in [1.29, 1.82) is 0 Å². The summed E-state index contributed by atoms with van der Waals surface area (Å²) in [6.45, 7) is 6.59. The Bertz CT molecular complexity index is 690. The van der Waals surface area contributed by atoms with Crippen molar-refractivity contribution < 1.29 is 8.42 Å². The maximum Gasteiger partial charge on any atom is 0.178 e. The molecule has 1 aromatic carbocycles. The van der Waals surface area contributed by atoms with Gasteiger partial charge in [-0.05, 0) is 37.0 Å². The Morgan fingerprint density at radius 3 is 2.38 bits per heavy atom. The Morgan fingerprint density at radius 2 is 1.86 bits per heavy atom. The first-order valence-corrected chi connectivity index (χ1v) is 8.83.